The van der Waals surface area contributed by atoms with Gasteiger partial charge in [0.1, 0.15) is 5.82 Å². The van der Waals surface area contributed by atoms with Gasteiger partial charge in [-0.05, 0) is 50.5 Å². The van der Waals surface area contributed by atoms with Crippen LogP contribution in [0.2, 0.25) is 0 Å². The van der Waals surface area contributed by atoms with Gasteiger partial charge < -0.3 is 10.2 Å². The van der Waals surface area contributed by atoms with Gasteiger partial charge in [-0.1, -0.05) is 0 Å². The molecular weight excluding hydrogens is 262 g/mol. The lowest BCUT2D eigenvalue weighted by Gasteiger charge is -2.25. The van der Waals surface area contributed by atoms with Crippen molar-refractivity contribution in [1.82, 2.24) is 15.0 Å². The maximum absolute atomic E-state index is 4.62. The summed E-state index contributed by atoms with van der Waals surface area (Å²) in [6.45, 7) is 5.05. The number of anilines is 2. The minimum Gasteiger partial charge on any atom is -0.373 e. The van der Waals surface area contributed by atoms with Crippen LogP contribution in [0, 0.1) is 13.8 Å². The van der Waals surface area contributed by atoms with Gasteiger partial charge in [-0.2, -0.15) is 0 Å². The Hall–Kier alpha value is -2.17. The van der Waals surface area contributed by atoms with Gasteiger partial charge in [0.15, 0.2) is 0 Å². The summed E-state index contributed by atoms with van der Waals surface area (Å²) in [6.07, 6.45) is 4.15. The summed E-state index contributed by atoms with van der Waals surface area (Å²) in [7, 11) is 1.89. The molecule has 1 atom stereocenters. The number of hydrogen-bond acceptors (Lipinski definition) is 5. The van der Waals surface area contributed by atoms with Crippen LogP contribution in [0.5, 0.6) is 0 Å². The van der Waals surface area contributed by atoms with Crippen molar-refractivity contribution in [3.8, 4) is 0 Å². The molecule has 2 aromatic rings. The summed E-state index contributed by atoms with van der Waals surface area (Å²) in [5, 5.41) is 3.10. The predicted molar refractivity (Wildman–Crippen MR) is 84.6 cm³/mol. The van der Waals surface area contributed by atoms with Crippen LogP contribution in [-0.2, 0) is 0 Å². The van der Waals surface area contributed by atoms with E-state index in [0.29, 0.717) is 6.04 Å². The van der Waals surface area contributed by atoms with Gasteiger partial charge in [0.05, 0.1) is 6.04 Å². The first-order valence-corrected chi connectivity index (χ1v) is 7.40. The first-order valence-electron chi connectivity index (χ1n) is 7.40. The van der Waals surface area contributed by atoms with Gasteiger partial charge in [0.25, 0.3) is 0 Å². The highest BCUT2D eigenvalue weighted by atomic mass is 15.3. The highest BCUT2D eigenvalue weighted by Crippen LogP contribution is 2.35. The second kappa shape index (κ2) is 5.68. The predicted octanol–water partition coefficient (Wildman–Crippen LogP) is 2.87. The number of rotatable bonds is 3. The van der Waals surface area contributed by atoms with Crippen LogP contribution < -0.4 is 10.2 Å². The highest BCUT2D eigenvalue weighted by Gasteiger charge is 2.28. The molecule has 1 aliphatic rings. The molecule has 0 radical (unpaired) electrons. The second-order valence-electron chi connectivity index (χ2n) is 5.53. The fraction of sp³-hybridized carbons (Fsp3) is 0.438. The van der Waals surface area contributed by atoms with Crippen LogP contribution in [0.15, 0.2) is 24.4 Å². The number of aryl methyl sites for hydroxylation is 2. The average molecular weight is 283 g/mol. The van der Waals surface area contributed by atoms with Crippen LogP contribution in [0.1, 0.15) is 35.8 Å². The maximum atomic E-state index is 4.62. The van der Waals surface area contributed by atoms with Crippen molar-refractivity contribution in [2.24, 2.45) is 0 Å². The fourth-order valence-electron chi connectivity index (χ4n) is 2.98. The molecule has 3 rings (SSSR count). The zero-order chi connectivity index (χ0) is 14.8. The van der Waals surface area contributed by atoms with Gasteiger partial charge in [-0.3, -0.25) is 0 Å². The molecule has 5 heteroatoms. The van der Waals surface area contributed by atoms with E-state index in [0.717, 1.165) is 42.5 Å². The molecule has 0 spiro atoms. The average Bonchev–Trinajstić information content (AvgIpc) is 2.96. The van der Waals surface area contributed by atoms with E-state index in [1.165, 1.54) is 5.56 Å². The van der Waals surface area contributed by atoms with Crippen molar-refractivity contribution >= 4 is 11.8 Å². The van der Waals surface area contributed by atoms with Gasteiger partial charge in [0, 0.05) is 31.2 Å². The van der Waals surface area contributed by atoms with E-state index in [9.17, 15) is 0 Å². The third kappa shape index (κ3) is 2.82. The molecular formula is C16H21N5. The standard InChI is InChI=1S/C16H21N5/c1-11-9-12(2)20-16(19-11)21-8-4-5-14(21)13-6-7-18-15(10-13)17-3/h6-7,9-10,14H,4-5,8H2,1-3H3,(H,17,18). The van der Waals surface area contributed by atoms with Crippen LogP contribution in [-0.4, -0.2) is 28.5 Å². The molecule has 1 fully saturated rings. The smallest absolute Gasteiger partial charge is 0.226 e. The maximum Gasteiger partial charge on any atom is 0.226 e. The molecule has 1 saturated heterocycles. The largest absolute Gasteiger partial charge is 0.373 e. The van der Waals surface area contributed by atoms with Crippen LogP contribution in [0.4, 0.5) is 11.8 Å². The monoisotopic (exact) mass is 283 g/mol. The quantitative estimate of drug-likeness (QED) is 0.938. The summed E-state index contributed by atoms with van der Waals surface area (Å²) >= 11 is 0. The number of pyridine rings is 1. The van der Waals surface area contributed by atoms with Crippen molar-refractivity contribution in [2.45, 2.75) is 32.7 Å². The Bertz CT molecular complexity index is 620. The first-order chi connectivity index (χ1) is 10.2. The van der Waals surface area contributed by atoms with Gasteiger partial charge in [-0.25, -0.2) is 15.0 Å². The molecule has 0 aliphatic carbocycles. The van der Waals surface area contributed by atoms with Crippen molar-refractivity contribution in [3.63, 3.8) is 0 Å². The van der Waals surface area contributed by atoms with Gasteiger partial charge in [0.2, 0.25) is 5.95 Å². The molecule has 0 aromatic carbocycles. The zero-order valence-corrected chi connectivity index (χ0v) is 12.8. The normalized spacial score (nSPS) is 18.0. The molecule has 0 saturated carbocycles. The van der Waals surface area contributed by atoms with E-state index in [2.05, 4.69) is 37.3 Å². The summed E-state index contributed by atoms with van der Waals surface area (Å²) < 4.78 is 0. The molecule has 110 valence electrons. The van der Waals surface area contributed by atoms with E-state index in [4.69, 9.17) is 0 Å². The lowest BCUT2D eigenvalue weighted by atomic mass is 10.1. The lowest BCUT2D eigenvalue weighted by Crippen LogP contribution is -2.25. The van der Waals surface area contributed by atoms with Crippen molar-refractivity contribution in [2.75, 3.05) is 23.8 Å². The Labute approximate surface area is 125 Å². The third-order valence-corrected chi connectivity index (χ3v) is 3.91. The molecule has 2 aromatic heterocycles. The number of aromatic nitrogens is 3. The minimum atomic E-state index is 0.335. The summed E-state index contributed by atoms with van der Waals surface area (Å²) in [6, 6.07) is 6.56. The fourth-order valence-corrected chi connectivity index (χ4v) is 2.98. The highest BCUT2D eigenvalue weighted by molar-refractivity contribution is 5.44. The molecule has 0 amide bonds. The minimum absolute atomic E-state index is 0.335. The Kier molecular flexibility index (Phi) is 3.73. The first kappa shape index (κ1) is 13.8. The van der Waals surface area contributed by atoms with Crippen LogP contribution >= 0.6 is 0 Å². The Morgan fingerprint density at radius 2 is 1.95 bits per heavy atom. The molecule has 3 heterocycles. The number of nitrogens with zero attached hydrogens (tertiary/aromatic N) is 4. The van der Waals surface area contributed by atoms with Crippen molar-refractivity contribution < 1.29 is 0 Å². The summed E-state index contributed by atoms with van der Waals surface area (Å²) in [4.78, 5) is 15.8. The summed E-state index contributed by atoms with van der Waals surface area (Å²) in [5.41, 5.74) is 3.32. The zero-order valence-electron chi connectivity index (χ0n) is 12.8. The van der Waals surface area contributed by atoms with E-state index < -0.39 is 0 Å². The van der Waals surface area contributed by atoms with Gasteiger partial charge >= 0.3 is 0 Å². The van der Waals surface area contributed by atoms with Crippen molar-refractivity contribution in [1.29, 1.82) is 0 Å². The Balaban J connectivity index is 1.94. The molecule has 1 aliphatic heterocycles. The lowest BCUT2D eigenvalue weighted by molar-refractivity contribution is 0.698. The molecule has 21 heavy (non-hydrogen) atoms. The van der Waals surface area contributed by atoms with Crippen LogP contribution in [0.25, 0.3) is 0 Å². The van der Waals surface area contributed by atoms with Crippen LogP contribution in [0.3, 0.4) is 0 Å². The second-order valence-corrected chi connectivity index (χ2v) is 5.53. The number of nitrogens with one attached hydrogen (secondary N) is 1. The van der Waals surface area contributed by atoms with E-state index in [-0.39, 0.29) is 0 Å². The summed E-state index contributed by atoms with van der Waals surface area (Å²) in [5.74, 6) is 1.75. The molecule has 0 bridgehead atoms. The number of hydrogen-bond donors (Lipinski definition) is 1. The van der Waals surface area contributed by atoms with E-state index >= 15 is 0 Å². The van der Waals surface area contributed by atoms with Gasteiger partial charge in [-0.15, -0.1) is 0 Å². The molecule has 1 unspecified atom stereocenters. The van der Waals surface area contributed by atoms with E-state index in [1.54, 1.807) is 0 Å². The Morgan fingerprint density at radius 1 is 1.19 bits per heavy atom. The Morgan fingerprint density at radius 3 is 2.67 bits per heavy atom. The molecule has 5 nitrogen and oxygen atoms in total. The SMILES string of the molecule is CNc1cc(C2CCCN2c2nc(C)cc(C)n2)ccn1. The topological polar surface area (TPSA) is 53.9 Å². The van der Waals surface area contributed by atoms with E-state index in [1.807, 2.05) is 33.2 Å². The van der Waals surface area contributed by atoms with Crippen molar-refractivity contribution in [3.05, 3.63) is 41.3 Å². The molecule has 1 N–H and O–H groups in total. The third-order valence-electron chi connectivity index (χ3n) is 3.91.